The summed E-state index contributed by atoms with van der Waals surface area (Å²) in [4.78, 5) is 22.4. The van der Waals surface area contributed by atoms with Crippen molar-refractivity contribution in [1.82, 2.24) is 15.2 Å². The molecule has 12 heteroatoms. The molecule has 3 heterocycles. The van der Waals surface area contributed by atoms with Gasteiger partial charge in [-0.05, 0) is 66.9 Å². The van der Waals surface area contributed by atoms with E-state index in [0.717, 1.165) is 71.9 Å². The summed E-state index contributed by atoms with van der Waals surface area (Å²) in [6, 6.07) is 20.0. The third kappa shape index (κ3) is 6.39. The van der Waals surface area contributed by atoms with Crippen LogP contribution in [-0.2, 0) is 16.4 Å². The fourth-order valence-electron chi connectivity index (χ4n) is 5.27. The fourth-order valence-corrected chi connectivity index (χ4v) is 8.38. The van der Waals surface area contributed by atoms with Crippen molar-refractivity contribution in [2.45, 2.75) is 17.7 Å². The molecule has 1 saturated heterocycles. The molecule has 3 aromatic carbocycles. The molecule has 1 amide bonds. The van der Waals surface area contributed by atoms with Gasteiger partial charge in [0.15, 0.2) is 5.13 Å². The lowest BCUT2D eigenvalue weighted by Gasteiger charge is -2.34. The number of carbonyl (C=O) groups excluding carboxylic acids is 1. The van der Waals surface area contributed by atoms with Crippen LogP contribution < -0.4 is 14.5 Å². The Kier molecular flexibility index (Phi) is 9.20. The molecule has 6 rings (SSSR count). The summed E-state index contributed by atoms with van der Waals surface area (Å²) in [5.41, 5.74) is 3.26. The lowest BCUT2D eigenvalue weighted by molar-refractivity contribution is 0.0947. The number of aromatic nitrogens is 1. The van der Waals surface area contributed by atoms with Gasteiger partial charge >= 0.3 is 0 Å². The SMILES string of the molecule is Cl.O=C(NCCN1CCN(c2nc3ccc(Br)cc3s2)CC1)c1ccc(S(=O)(=O)N2CCCc3ccccc32)cc1. The van der Waals surface area contributed by atoms with Crippen LogP contribution in [0.2, 0.25) is 0 Å². The molecule has 0 spiro atoms. The molecule has 0 aliphatic carbocycles. The van der Waals surface area contributed by atoms with E-state index in [2.05, 4.69) is 37.1 Å². The smallest absolute Gasteiger partial charge is 0.264 e. The van der Waals surface area contributed by atoms with Crippen molar-refractivity contribution < 1.29 is 13.2 Å². The maximum absolute atomic E-state index is 13.4. The van der Waals surface area contributed by atoms with Crippen molar-refractivity contribution in [3.63, 3.8) is 0 Å². The second-order valence-corrected chi connectivity index (χ2v) is 13.8. The van der Waals surface area contributed by atoms with Gasteiger partial charge < -0.3 is 10.2 Å². The number of hydrogen-bond donors (Lipinski definition) is 1. The molecule has 2 aliphatic rings. The molecule has 8 nitrogen and oxygen atoms in total. The second kappa shape index (κ2) is 12.7. The second-order valence-electron chi connectivity index (χ2n) is 10.0. The average Bonchev–Trinajstić information content (AvgIpc) is 3.40. The highest BCUT2D eigenvalue weighted by molar-refractivity contribution is 9.10. The van der Waals surface area contributed by atoms with Gasteiger partial charge in [-0.3, -0.25) is 14.0 Å². The molecule has 1 N–H and O–H groups in total. The number of sulfonamides is 1. The molecule has 41 heavy (non-hydrogen) atoms. The van der Waals surface area contributed by atoms with Gasteiger partial charge in [-0.2, -0.15) is 0 Å². The van der Waals surface area contributed by atoms with E-state index < -0.39 is 10.0 Å². The molecular formula is C29H31BrClN5O3S2. The maximum Gasteiger partial charge on any atom is 0.264 e. The summed E-state index contributed by atoms with van der Waals surface area (Å²) in [6.45, 7) is 5.34. The van der Waals surface area contributed by atoms with Crippen LogP contribution in [0, 0.1) is 0 Å². The fraction of sp³-hybridized carbons (Fsp3) is 0.310. The number of halogens is 2. The molecule has 0 unspecified atom stereocenters. The molecule has 4 aromatic rings. The first-order valence-electron chi connectivity index (χ1n) is 13.4. The predicted molar refractivity (Wildman–Crippen MR) is 171 cm³/mol. The molecule has 216 valence electrons. The highest BCUT2D eigenvalue weighted by Gasteiger charge is 2.29. The molecule has 1 aromatic heterocycles. The van der Waals surface area contributed by atoms with Crippen LogP contribution in [0.5, 0.6) is 0 Å². The van der Waals surface area contributed by atoms with Gasteiger partial charge in [-0.15, -0.1) is 12.4 Å². The zero-order chi connectivity index (χ0) is 27.7. The third-order valence-electron chi connectivity index (χ3n) is 7.47. The Balaban J connectivity index is 0.00000337. The number of aryl methyl sites for hydroxylation is 1. The van der Waals surface area contributed by atoms with Crippen LogP contribution in [0.3, 0.4) is 0 Å². The Morgan fingerprint density at radius 2 is 1.73 bits per heavy atom. The zero-order valence-electron chi connectivity index (χ0n) is 22.3. The largest absolute Gasteiger partial charge is 0.351 e. The number of benzene rings is 3. The van der Waals surface area contributed by atoms with Crippen LogP contribution in [0.15, 0.2) is 76.1 Å². The van der Waals surface area contributed by atoms with Crippen LogP contribution in [0.1, 0.15) is 22.3 Å². The Bertz CT molecular complexity index is 1640. The highest BCUT2D eigenvalue weighted by atomic mass is 79.9. The normalized spacial score (nSPS) is 15.8. The number of anilines is 2. The van der Waals surface area contributed by atoms with Gasteiger partial charge in [-0.1, -0.05) is 45.5 Å². The van der Waals surface area contributed by atoms with Crippen molar-refractivity contribution >= 4 is 76.6 Å². The number of thiazole rings is 1. The monoisotopic (exact) mass is 675 g/mol. The van der Waals surface area contributed by atoms with Crippen LogP contribution >= 0.6 is 39.7 Å². The van der Waals surface area contributed by atoms with Gasteiger partial charge in [-0.25, -0.2) is 13.4 Å². The molecule has 0 atom stereocenters. The molecule has 0 saturated carbocycles. The van der Waals surface area contributed by atoms with E-state index in [-0.39, 0.29) is 23.2 Å². The minimum atomic E-state index is -3.70. The van der Waals surface area contributed by atoms with Crippen molar-refractivity contribution in [3.05, 3.63) is 82.3 Å². The number of carbonyl (C=O) groups is 1. The van der Waals surface area contributed by atoms with Gasteiger partial charge in [0.05, 0.1) is 20.8 Å². The zero-order valence-corrected chi connectivity index (χ0v) is 26.4. The van der Waals surface area contributed by atoms with Crippen LogP contribution in [-0.4, -0.2) is 70.0 Å². The molecular weight excluding hydrogens is 646 g/mol. The van der Waals surface area contributed by atoms with E-state index in [1.54, 1.807) is 23.5 Å². The first-order valence-corrected chi connectivity index (χ1v) is 16.5. The van der Waals surface area contributed by atoms with Gasteiger partial charge in [0, 0.05) is 55.8 Å². The summed E-state index contributed by atoms with van der Waals surface area (Å²) >= 11 is 5.24. The van der Waals surface area contributed by atoms with E-state index >= 15 is 0 Å². The van der Waals surface area contributed by atoms with E-state index in [1.165, 1.54) is 21.1 Å². The Labute approximate surface area is 258 Å². The van der Waals surface area contributed by atoms with Crippen molar-refractivity contribution in [1.29, 1.82) is 0 Å². The van der Waals surface area contributed by atoms with E-state index in [1.807, 2.05) is 36.4 Å². The van der Waals surface area contributed by atoms with Gasteiger partial charge in [0.2, 0.25) is 0 Å². The van der Waals surface area contributed by atoms with Crippen molar-refractivity contribution in [2.24, 2.45) is 0 Å². The van der Waals surface area contributed by atoms with E-state index in [9.17, 15) is 13.2 Å². The lowest BCUT2D eigenvalue weighted by atomic mass is 10.0. The topological polar surface area (TPSA) is 85.9 Å². The summed E-state index contributed by atoms with van der Waals surface area (Å²) in [6.07, 6.45) is 1.66. The number of hydrogen-bond acceptors (Lipinski definition) is 7. The Hall–Kier alpha value is -2.70. The average molecular weight is 677 g/mol. The van der Waals surface area contributed by atoms with Crippen LogP contribution in [0.4, 0.5) is 10.8 Å². The highest BCUT2D eigenvalue weighted by Crippen LogP contribution is 2.32. The number of nitrogens with one attached hydrogen (secondary N) is 1. The molecule has 0 radical (unpaired) electrons. The number of amides is 1. The maximum atomic E-state index is 13.4. The van der Waals surface area contributed by atoms with Crippen molar-refractivity contribution in [2.75, 3.05) is 55.0 Å². The summed E-state index contributed by atoms with van der Waals surface area (Å²) < 4.78 is 30.4. The summed E-state index contributed by atoms with van der Waals surface area (Å²) in [5, 5.41) is 4.03. The number of para-hydroxylation sites is 1. The lowest BCUT2D eigenvalue weighted by Crippen LogP contribution is -2.48. The quantitative estimate of drug-likeness (QED) is 0.291. The molecule has 1 fully saturated rings. The van der Waals surface area contributed by atoms with Crippen LogP contribution in [0.25, 0.3) is 10.2 Å². The number of piperazine rings is 1. The number of nitrogens with zero attached hydrogens (tertiary/aromatic N) is 4. The number of fused-ring (bicyclic) bond motifs is 2. The first kappa shape index (κ1) is 29.8. The summed E-state index contributed by atoms with van der Waals surface area (Å²) in [5.74, 6) is -0.202. The van der Waals surface area contributed by atoms with Gasteiger partial charge in [0.25, 0.3) is 15.9 Å². The first-order chi connectivity index (χ1) is 19.4. The minimum Gasteiger partial charge on any atom is -0.351 e. The third-order valence-corrected chi connectivity index (χ3v) is 10.9. The van der Waals surface area contributed by atoms with E-state index in [0.29, 0.717) is 18.7 Å². The number of rotatable bonds is 7. The van der Waals surface area contributed by atoms with E-state index in [4.69, 9.17) is 4.98 Å². The molecule has 2 aliphatic heterocycles. The molecule has 0 bridgehead atoms. The Morgan fingerprint density at radius 3 is 2.51 bits per heavy atom. The Morgan fingerprint density at radius 1 is 0.976 bits per heavy atom. The predicted octanol–water partition coefficient (Wildman–Crippen LogP) is 5.17. The van der Waals surface area contributed by atoms with Gasteiger partial charge in [0.1, 0.15) is 0 Å². The minimum absolute atomic E-state index is 0. The van der Waals surface area contributed by atoms with Crippen molar-refractivity contribution in [3.8, 4) is 0 Å². The standard InChI is InChI=1S/C29H30BrN5O3S2.ClH/c30-23-9-12-25-27(20-23)39-29(32-25)34-18-16-33(17-19-34)15-13-31-28(36)22-7-10-24(11-8-22)40(37,38)35-14-3-5-21-4-1-2-6-26(21)35;/h1-2,4,6-12,20H,3,5,13-19H2,(H,31,36);1H. The summed E-state index contributed by atoms with van der Waals surface area (Å²) in [7, 11) is -3.70.